The van der Waals surface area contributed by atoms with Crippen LogP contribution in [0.5, 0.6) is 0 Å². The second-order valence-corrected chi connectivity index (χ2v) is 7.43. The zero-order chi connectivity index (χ0) is 19.3. The van der Waals surface area contributed by atoms with Crippen LogP contribution in [0.25, 0.3) is 11.1 Å². The predicted octanol–water partition coefficient (Wildman–Crippen LogP) is 5.86. The van der Waals surface area contributed by atoms with E-state index in [9.17, 15) is 0 Å². The minimum atomic E-state index is -0.611. The van der Waals surface area contributed by atoms with E-state index in [1.54, 1.807) is 0 Å². The van der Waals surface area contributed by atoms with Crippen LogP contribution in [-0.2, 0) is 5.54 Å². The monoisotopic (exact) mass is 370 g/mol. The molecule has 0 bridgehead atoms. The normalized spacial score (nSPS) is 15.6. The first-order valence-electron chi connectivity index (χ1n) is 9.87. The molecule has 0 saturated heterocycles. The molecule has 1 heterocycles. The molecule has 2 heteroatoms. The Kier molecular flexibility index (Phi) is 3.41. The number of nitrogens with zero attached hydrogens (tertiary/aromatic N) is 2. The van der Waals surface area contributed by atoms with Gasteiger partial charge in [0.25, 0.3) is 0 Å². The number of hydrogen-bond donors (Lipinski definition) is 0. The van der Waals surface area contributed by atoms with Crippen molar-refractivity contribution in [3.05, 3.63) is 131 Å². The molecule has 0 saturated carbocycles. The summed E-state index contributed by atoms with van der Waals surface area (Å²) in [6.45, 7) is 0. The number of aliphatic imine (C=N–C) groups is 2. The van der Waals surface area contributed by atoms with Crippen molar-refractivity contribution in [2.45, 2.75) is 5.54 Å². The van der Waals surface area contributed by atoms with Crippen molar-refractivity contribution in [2.24, 2.45) is 9.98 Å². The van der Waals surface area contributed by atoms with Crippen molar-refractivity contribution in [3.63, 3.8) is 0 Å². The third kappa shape index (κ3) is 2.23. The Hall–Kier alpha value is -3.78. The van der Waals surface area contributed by atoms with Gasteiger partial charge in [-0.15, -0.1) is 0 Å². The molecule has 2 aliphatic rings. The average Bonchev–Trinajstić information content (AvgIpc) is 3.34. The van der Waals surface area contributed by atoms with Crippen LogP contribution in [0.3, 0.4) is 0 Å². The number of rotatable bonds is 2. The fourth-order valence-corrected chi connectivity index (χ4v) is 4.60. The summed E-state index contributed by atoms with van der Waals surface area (Å²) in [5.41, 5.74) is 7.42. The van der Waals surface area contributed by atoms with Gasteiger partial charge in [0.05, 0.1) is 5.71 Å². The molecule has 0 radical (unpaired) electrons. The molecular weight excluding hydrogens is 352 g/mol. The molecule has 1 aliphatic heterocycles. The van der Waals surface area contributed by atoms with Crippen molar-refractivity contribution in [1.82, 2.24) is 0 Å². The fourth-order valence-electron chi connectivity index (χ4n) is 4.60. The molecule has 0 fully saturated rings. The van der Waals surface area contributed by atoms with Crippen molar-refractivity contribution < 1.29 is 0 Å². The number of fused-ring (bicyclic) bond motifs is 5. The van der Waals surface area contributed by atoms with Gasteiger partial charge in [-0.25, -0.2) is 9.98 Å². The lowest BCUT2D eigenvalue weighted by Gasteiger charge is -2.26. The summed E-state index contributed by atoms with van der Waals surface area (Å²) in [6.07, 6.45) is 0. The number of amidine groups is 1. The minimum Gasteiger partial charge on any atom is -0.243 e. The molecule has 0 amide bonds. The van der Waals surface area contributed by atoms with Gasteiger partial charge in [-0.2, -0.15) is 0 Å². The van der Waals surface area contributed by atoms with Gasteiger partial charge in [-0.05, 0) is 27.8 Å². The fraction of sp³-hybridized carbons (Fsp3) is 0.0370. The highest BCUT2D eigenvalue weighted by Gasteiger charge is 2.50. The van der Waals surface area contributed by atoms with Crippen molar-refractivity contribution >= 4 is 11.5 Å². The van der Waals surface area contributed by atoms with Crippen molar-refractivity contribution in [3.8, 4) is 11.1 Å². The van der Waals surface area contributed by atoms with Gasteiger partial charge in [0.1, 0.15) is 0 Å². The van der Waals surface area contributed by atoms with Crippen molar-refractivity contribution in [1.29, 1.82) is 0 Å². The maximum atomic E-state index is 5.34. The molecule has 4 aromatic carbocycles. The van der Waals surface area contributed by atoms with Crippen LogP contribution in [0.2, 0.25) is 0 Å². The molecule has 6 rings (SSSR count). The maximum absolute atomic E-state index is 5.34. The van der Waals surface area contributed by atoms with E-state index in [1.165, 1.54) is 22.3 Å². The number of hydrogen-bond acceptors (Lipinski definition) is 2. The lowest BCUT2D eigenvalue weighted by atomic mass is 9.81. The van der Waals surface area contributed by atoms with Crippen LogP contribution < -0.4 is 0 Å². The van der Waals surface area contributed by atoms with E-state index < -0.39 is 5.54 Å². The lowest BCUT2D eigenvalue weighted by molar-refractivity contribution is 0.772. The van der Waals surface area contributed by atoms with E-state index in [4.69, 9.17) is 9.98 Å². The molecule has 0 unspecified atom stereocenters. The maximum Gasteiger partial charge on any atom is 0.157 e. The molecule has 0 atom stereocenters. The van der Waals surface area contributed by atoms with Gasteiger partial charge in [0.15, 0.2) is 11.4 Å². The molecule has 4 aromatic rings. The molecule has 2 nitrogen and oxygen atoms in total. The standard InChI is InChI=1S/C27H18N2/c1-3-11-19(12-4-1)25-27(29-26(28-25)20-13-5-2-6-14-20)23-17-9-7-15-21(23)22-16-8-10-18-24(22)27/h1-18H. The largest absolute Gasteiger partial charge is 0.243 e. The zero-order valence-electron chi connectivity index (χ0n) is 15.8. The first-order chi connectivity index (χ1) is 14.4. The Morgan fingerprint density at radius 2 is 0.966 bits per heavy atom. The van der Waals surface area contributed by atoms with Crippen LogP contribution in [0, 0.1) is 0 Å². The first kappa shape index (κ1) is 16.2. The highest BCUT2D eigenvalue weighted by atomic mass is 15.1. The molecule has 1 aliphatic carbocycles. The molecular formula is C27H18N2. The zero-order valence-corrected chi connectivity index (χ0v) is 15.8. The summed E-state index contributed by atoms with van der Waals surface area (Å²) in [6, 6.07) is 37.9. The van der Waals surface area contributed by atoms with Crippen LogP contribution in [-0.4, -0.2) is 11.5 Å². The van der Waals surface area contributed by atoms with E-state index >= 15 is 0 Å². The highest BCUT2D eigenvalue weighted by Crippen LogP contribution is 2.53. The Morgan fingerprint density at radius 1 is 0.483 bits per heavy atom. The van der Waals surface area contributed by atoms with Crippen LogP contribution in [0.15, 0.2) is 119 Å². The van der Waals surface area contributed by atoms with Gasteiger partial charge in [-0.3, -0.25) is 0 Å². The second kappa shape index (κ2) is 6.11. The molecule has 1 spiro atoms. The van der Waals surface area contributed by atoms with Crippen LogP contribution in [0.1, 0.15) is 22.3 Å². The van der Waals surface area contributed by atoms with Gasteiger partial charge in [0, 0.05) is 5.56 Å². The molecule has 0 aromatic heterocycles. The SMILES string of the molecule is c1ccc(C2=NC3(C(c4ccccc4)=N2)c2ccccc2-c2ccccc23)cc1. The summed E-state index contributed by atoms with van der Waals surface area (Å²) in [5.74, 6) is 0.788. The average molecular weight is 370 g/mol. The third-order valence-electron chi connectivity index (χ3n) is 5.84. The molecule has 29 heavy (non-hydrogen) atoms. The lowest BCUT2D eigenvalue weighted by Crippen LogP contribution is -2.31. The first-order valence-corrected chi connectivity index (χ1v) is 9.87. The Morgan fingerprint density at radius 3 is 1.55 bits per heavy atom. The van der Waals surface area contributed by atoms with E-state index in [0.717, 1.165) is 22.7 Å². The summed E-state index contributed by atoms with van der Waals surface area (Å²) in [5, 5.41) is 0. The third-order valence-corrected chi connectivity index (χ3v) is 5.84. The predicted molar refractivity (Wildman–Crippen MR) is 119 cm³/mol. The Labute approximate surface area is 169 Å². The van der Waals surface area contributed by atoms with E-state index in [1.807, 2.05) is 24.3 Å². The Bertz CT molecular complexity index is 1240. The summed E-state index contributed by atoms with van der Waals surface area (Å²) in [7, 11) is 0. The molecule has 136 valence electrons. The van der Waals surface area contributed by atoms with Crippen molar-refractivity contribution in [2.75, 3.05) is 0 Å². The van der Waals surface area contributed by atoms with E-state index in [-0.39, 0.29) is 0 Å². The van der Waals surface area contributed by atoms with Gasteiger partial charge < -0.3 is 0 Å². The van der Waals surface area contributed by atoms with E-state index in [0.29, 0.717) is 0 Å². The van der Waals surface area contributed by atoms with Crippen LogP contribution >= 0.6 is 0 Å². The molecule has 0 N–H and O–H groups in total. The second-order valence-electron chi connectivity index (χ2n) is 7.43. The summed E-state index contributed by atoms with van der Waals surface area (Å²) < 4.78 is 0. The quantitative estimate of drug-likeness (QED) is 0.422. The Balaban J connectivity index is 1.71. The highest BCUT2D eigenvalue weighted by molar-refractivity contribution is 6.24. The summed E-state index contributed by atoms with van der Waals surface area (Å²) in [4.78, 5) is 10.5. The van der Waals surface area contributed by atoms with E-state index in [2.05, 4.69) is 84.9 Å². The minimum absolute atomic E-state index is 0.611. The van der Waals surface area contributed by atoms with Gasteiger partial charge in [0.2, 0.25) is 0 Å². The van der Waals surface area contributed by atoms with Gasteiger partial charge >= 0.3 is 0 Å². The summed E-state index contributed by atoms with van der Waals surface area (Å²) >= 11 is 0. The topological polar surface area (TPSA) is 24.7 Å². The number of benzene rings is 4. The smallest absolute Gasteiger partial charge is 0.157 e. The van der Waals surface area contributed by atoms with Crippen LogP contribution in [0.4, 0.5) is 0 Å². The van der Waals surface area contributed by atoms with Gasteiger partial charge in [-0.1, -0.05) is 109 Å².